The third kappa shape index (κ3) is 19.2. The Balaban J connectivity index is 2.95. The second kappa shape index (κ2) is 18.3. The van der Waals surface area contributed by atoms with Gasteiger partial charge in [-0.05, 0) is 28.6 Å². The van der Waals surface area contributed by atoms with Crippen molar-refractivity contribution in [2.75, 3.05) is 6.61 Å². The number of aliphatic carboxylic acids is 1. The highest BCUT2D eigenvalue weighted by Gasteiger charge is 1.97. The van der Waals surface area contributed by atoms with Gasteiger partial charge in [0.15, 0.2) is 0 Å². The van der Waals surface area contributed by atoms with Crippen molar-refractivity contribution in [3.05, 3.63) is 0 Å². The summed E-state index contributed by atoms with van der Waals surface area (Å²) >= 11 is 0. The number of hydrogen-bond acceptors (Lipinski definition) is 7. The Morgan fingerprint density at radius 1 is 0.818 bits per heavy atom. The first kappa shape index (κ1) is 21.2. The predicted molar refractivity (Wildman–Crippen MR) is 78.0 cm³/mol. The van der Waals surface area contributed by atoms with E-state index >= 15 is 0 Å². The highest BCUT2D eigenvalue weighted by Crippen LogP contribution is 2.11. The summed E-state index contributed by atoms with van der Waals surface area (Å²) in [6.45, 7) is 0.491. The molecule has 0 aliphatic rings. The maximum atomic E-state index is 10.3. The molecule has 0 unspecified atom stereocenters. The molecule has 0 fully saturated rings. The summed E-state index contributed by atoms with van der Waals surface area (Å²) in [5.74, 6) is -0.693. The molecule has 0 aliphatic heterocycles. The predicted octanol–water partition coefficient (Wildman–Crippen LogP) is 3.54. The molecule has 132 valence electrons. The Morgan fingerprint density at radius 3 is 1.82 bits per heavy atom. The molecule has 0 saturated carbocycles. The summed E-state index contributed by atoms with van der Waals surface area (Å²) in [7, 11) is 0. The number of carbonyl (C=O) groups is 1. The highest BCUT2D eigenvalue weighted by molar-refractivity contribution is 5.66. The molecule has 0 radical (unpaired) electrons. The Kier molecular flexibility index (Phi) is 17.6. The first-order valence-electron chi connectivity index (χ1n) is 7.99. The molecule has 0 saturated heterocycles. The maximum Gasteiger partial charge on any atom is 0.303 e. The fraction of sp³-hybridized carbons (Fsp3) is 0.929. The van der Waals surface area contributed by atoms with Crippen LogP contribution >= 0.6 is 0 Å². The number of rotatable bonds is 18. The molecule has 0 aliphatic carbocycles. The average Bonchev–Trinajstić information content (AvgIpc) is 2.50. The van der Waals surface area contributed by atoms with Crippen LogP contribution in [0.4, 0.5) is 0 Å². The average molecular weight is 323 g/mol. The van der Waals surface area contributed by atoms with Gasteiger partial charge in [-0.2, -0.15) is 0 Å². The Morgan fingerprint density at radius 2 is 1.32 bits per heavy atom. The van der Waals surface area contributed by atoms with Crippen LogP contribution in [0.1, 0.15) is 77.0 Å². The van der Waals surface area contributed by atoms with Gasteiger partial charge in [0.25, 0.3) is 0 Å². The van der Waals surface area contributed by atoms with Gasteiger partial charge in [0, 0.05) is 6.42 Å². The van der Waals surface area contributed by atoms with Crippen molar-refractivity contribution in [1.82, 2.24) is 5.64 Å². The van der Waals surface area contributed by atoms with Crippen LogP contribution < -0.4 is 5.64 Å². The van der Waals surface area contributed by atoms with Crippen molar-refractivity contribution in [3.63, 3.8) is 0 Å². The van der Waals surface area contributed by atoms with E-state index in [1.54, 1.807) is 0 Å². The van der Waals surface area contributed by atoms with Gasteiger partial charge in [-0.15, -0.1) is 0 Å². The molecule has 8 nitrogen and oxygen atoms in total. The molecule has 0 amide bonds. The Hall–Kier alpha value is -0.770. The van der Waals surface area contributed by atoms with Crippen LogP contribution in [0.15, 0.2) is 0 Å². The monoisotopic (exact) mass is 323 g/mol. The van der Waals surface area contributed by atoms with E-state index < -0.39 is 5.97 Å². The van der Waals surface area contributed by atoms with Gasteiger partial charge in [-0.25, -0.2) is 5.26 Å². The van der Waals surface area contributed by atoms with Gasteiger partial charge >= 0.3 is 5.97 Å². The SMILES string of the molecule is O=C(O)CCCCCCCCCCCCCONOOOO. The first-order chi connectivity index (χ1) is 10.8. The fourth-order valence-electron chi connectivity index (χ4n) is 2.14. The zero-order valence-corrected chi connectivity index (χ0v) is 13.1. The van der Waals surface area contributed by atoms with E-state index in [0.29, 0.717) is 13.0 Å². The molecular weight excluding hydrogens is 294 g/mol. The lowest BCUT2D eigenvalue weighted by atomic mass is 10.1. The van der Waals surface area contributed by atoms with Crippen LogP contribution in [0, 0.1) is 0 Å². The molecule has 0 heterocycles. The molecule has 0 aromatic carbocycles. The largest absolute Gasteiger partial charge is 0.481 e. The normalized spacial score (nSPS) is 11.0. The number of carboxylic acid groups (broad SMARTS) is 1. The van der Waals surface area contributed by atoms with Crippen LogP contribution in [0.2, 0.25) is 0 Å². The molecule has 0 atom stereocenters. The number of hydrogen-bond donors (Lipinski definition) is 3. The third-order valence-corrected chi connectivity index (χ3v) is 3.29. The minimum absolute atomic E-state index is 0.299. The minimum Gasteiger partial charge on any atom is -0.481 e. The van der Waals surface area contributed by atoms with Gasteiger partial charge in [0.05, 0.1) is 6.61 Å². The van der Waals surface area contributed by atoms with Gasteiger partial charge in [-0.3, -0.25) is 9.63 Å². The lowest BCUT2D eigenvalue weighted by Gasteiger charge is -2.04. The lowest BCUT2D eigenvalue weighted by molar-refractivity contribution is -0.651. The smallest absolute Gasteiger partial charge is 0.303 e. The molecule has 0 rings (SSSR count). The van der Waals surface area contributed by atoms with Crippen molar-refractivity contribution in [3.8, 4) is 0 Å². The van der Waals surface area contributed by atoms with Crippen molar-refractivity contribution in [2.24, 2.45) is 0 Å². The van der Waals surface area contributed by atoms with E-state index in [1.165, 1.54) is 38.5 Å². The minimum atomic E-state index is -0.693. The summed E-state index contributed by atoms with van der Waals surface area (Å²) in [5, 5.41) is 23.1. The highest BCUT2D eigenvalue weighted by atomic mass is 17.7. The molecule has 0 bridgehead atoms. The van der Waals surface area contributed by atoms with E-state index in [9.17, 15) is 4.79 Å². The number of unbranched alkanes of at least 4 members (excludes halogenated alkanes) is 10. The number of nitrogens with one attached hydrogen (secondary N) is 1. The molecule has 0 aromatic heterocycles. The van der Waals surface area contributed by atoms with E-state index in [1.807, 2.05) is 5.64 Å². The van der Waals surface area contributed by atoms with E-state index in [-0.39, 0.29) is 0 Å². The standard InChI is InChI=1S/C14H29NO7/c16-14(17)12-10-8-6-4-2-1-3-5-7-9-11-13-19-15-20-22-21-18/h15,18H,1-13H2,(H,16,17). The molecular formula is C14H29NO7. The van der Waals surface area contributed by atoms with Crippen molar-refractivity contribution in [1.29, 1.82) is 0 Å². The third-order valence-electron chi connectivity index (χ3n) is 3.29. The van der Waals surface area contributed by atoms with Crippen molar-refractivity contribution in [2.45, 2.75) is 77.0 Å². The van der Waals surface area contributed by atoms with Crippen LogP contribution in [0.25, 0.3) is 0 Å². The van der Waals surface area contributed by atoms with Gasteiger partial charge < -0.3 is 5.11 Å². The second-order valence-electron chi connectivity index (χ2n) is 5.19. The van der Waals surface area contributed by atoms with E-state index in [2.05, 4.69) is 15.1 Å². The summed E-state index contributed by atoms with van der Waals surface area (Å²) in [4.78, 5) is 19.2. The molecule has 0 spiro atoms. The zero-order chi connectivity index (χ0) is 16.3. The quantitative estimate of drug-likeness (QED) is 0.200. The first-order valence-corrected chi connectivity index (χ1v) is 7.99. The molecule has 0 aromatic rings. The summed E-state index contributed by atoms with van der Waals surface area (Å²) in [6, 6.07) is 0. The Labute approximate surface area is 131 Å². The van der Waals surface area contributed by atoms with Gasteiger partial charge in [0.1, 0.15) is 0 Å². The summed E-state index contributed by atoms with van der Waals surface area (Å²) in [6.07, 6.45) is 12.6. The second-order valence-corrected chi connectivity index (χ2v) is 5.19. The summed E-state index contributed by atoms with van der Waals surface area (Å²) < 4.78 is 0. The van der Waals surface area contributed by atoms with Gasteiger partial charge in [0.2, 0.25) is 0 Å². The molecule has 22 heavy (non-hydrogen) atoms. The topological polar surface area (TPSA) is 106 Å². The Bertz CT molecular complexity index is 241. The van der Waals surface area contributed by atoms with Crippen LogP contribution in [-0.4, -0.2) is 22.9 Å². The van der Waals surface area contributed by atoms with Crippen molar-refractivity contribution < 1.29 is 35.1 Å². The fourth-order valence-corrected chi connectivity index (χ4v) is 2.14. The molecule has 8 heteroatoms. The van der Waals surface area contributed by atoms with Crippen LogP contribution in [0.5, 0.6) is 0 Å². The zero-order valence-electron chi connectivity index (χ0n) is 13.1. The van der Waals surface area contributed by atoms with E-state index in [0.717, 1.165) is 32.1 Å². The maximum absolute atomic E-state index is 10.3. The number of carboxylic acids is 1. The van der Waals surface area contributed by atoms with Crippen LogP contribution in [0.3, 0.4) is 0 Å². The van der Waals surface area contributed by atoms with Crippen LogP contribution in [-0.2, 0) is 24.7 Å². The van der Waals surface area contributed by atoms with Gasteiger partial charge in [-0.1, -0.05) is 62.8 Å². The lowest BCUT2D eigenvalue weighted by Crippen LogP contribution is -2.16. The summed E-state index contributed by atoms with van der Waals surface area (Å²) in [5.41, 5.74) is 1.99. The van der Waals surface area contributed by atoms with E-state index in [4.69, 9.17) is 15.2 Å². The molecule has 3 N–H and O–H groups in total. The van der Waals surface area contributed by atoms with Crippen molar-refractivity contribution >= 4 is 5.97 Å².